The van der Waals surface area contributed by atoms with Crippen molar-refractivity contribution in [3.8, 4) is 16.2 Å². The summed E-state index contributed by atoms with van der Waals surface area (Å²) < 4.78 is 5.76. The van der Waals surface area contributed by atoms with Crippen molar-refractivity contribution in [3.63, 3.8) is 0 Å². The van der Waals surface area contributed by atoms with Crippen LogP contribution in [0.3, 0.4) is 0 Å². The van der Waals surface area contributed by atoms with Gasteiger partial charge in [-0.25, -0.2) is 4.98 Å². The summed E-state index contributed by atoms with van der Waals surface area (Å²) in [5.74, 6) is 1.52. The number of amides is 2. The second-order valence-electron chi connectivity index (χ2n) is 10.1. The SMILES string of the molecule is Cc1cccc(-c2sc(C)nc2C(=O)N2C[C@H]3C[C@H]3[C@H]2CNC(=O)c2cccc3c2N(C)CCO3)c1. The van der Waals surface area contributed by atoms with E-state index in [1.807, 2.05) is 49.2 Å². The van der Waals surface area contributed by atoms with E-state index in [9.17, 15) is 9.59 Å². The summed E-state index contributed by atoms with van der Waals surface area (Å²) in [6, 6.07) is 13.8. The van der Waals surface area contributed by atoms with Gasteiger partial charge in [0.25, 0.3) is 11.8 Å². The number of fused-ring (bicyclic) bond motifs is 2. The molecule has 1 aromatic heterocycles. The minimum atomic E-state index is -0.134. The molecule has 1 saturated carbocycles. The van der Waals surface area contributed by atoms with Gasteiger partial charge in [0, 0.05) is 20.1 Å². The molecule has 7 nitrogen and oxygen atoms in total. The lowest BCUT2D eigenvalue weighted by Gasteiger charge is -2.30. The Morgan fingerprint density at radius 3 is 2.86 bits per heavy atom. The Morgan fingerprint density at radius 2 is 2.03 bits per heavy atom. The van der Waals surface area contributed by atoms with Gasteiger partial charge in [-0.3, -0.25) is 9.59 Å². The quantitative estimate of drug-likeness (QED) is 0.568. The largest absolute Gasteiger partial charge is 0.490 e. The number of benzene rings is 2. The van der Waals surface area contributed by atoms with E-state index in [-0.39, 0.29) is 17.9 Å². The highest BCUT2D eigenvalue weighted by Gasteiger charge is 2.54. The molecule has 3 aliphatic rings. The van der Waals surface area contributed by atoms with Crippen molar-refractivity contribution in [1.29, 1.82) is 0 Å². The maximum absolute atomic E-state index is 13.8. The highest BCUT2D eigenvalue weighted by atomic mass is 32.1. The molecule has 1 N–H and O–H groups in total. The number of nitrogens with one attached hydrogen (secondary N) is 1. The molecule has 0 unspecified atom stereocenters. The first kappa shape index (κ1) is 23.0. The molecule has 186 valence electrons. The van der Waals surface area contributed by atoms with Gasteiger partial charge in [-0.15, -0.1) is 11.3 Å². The zero-order valence-electron chi connectivity index (χ0n) is 20.8. The number of piperidine rings is 1. The van der Waals surface area contributed by atoms with Crippen LogP contribution >= 0.6 is 11.3 Å². The molecular weight excluding hydrogens is 472 g/mol. The molecule has 1 aliphatic carbocycles. The first-order valence-corrected chi connectivity index (χ1v) is 13.3. The predicted molar refractivity (Wildman–Crippen MR) is 141 cm³/mol. The van der Waals surface area contributed by atoms with Crippen LogP contribution in [0.4, 0.5) is 5.69 Å². The van der Waals surface area contributed by atoms with Crippen LogP contribution in [0, 0.1) is 25.7 Å². The number of carbonyl (C=O) groups is 2. The average molecular weight is 503 g/mol. The number of anilines is 1. The molecule has 0 radical (unpaired) electrons. The molecule has 2 aromatic carbocycles. The van der Waals surface area contributed by atoms with Crippen molar-refractivity contribution in [2.24, 2.45) is 11.8 Å². The summed E-state index contributed by atoms with van der Waals surface area (Å²) in [4.78, 5) is 36.6. The van der Waals surface area contributed by atoms with Crippen LogP contribution in [0.2, 0.25) is 0 Å². The van der Waals surface area contributed by atoms with Crippen molar-refractivity contribution in [3.05, 3.63) is 64.3 Å². The predicted octanol–water partition coefficient (Wildman–Crippen LogP) is 4.15. The Kier molecular flexibility index (Phi) is 5.71. The van der Waals surface area contributed by atoms with E-state index >= 15 is 0 Å². The van der Waals surface area contributed by atoms with E-state index in [0.717, 1.165) is 52.0 Å². The monoisotopic (exact) mass is 502 g/mol. The number of likely N-dealkylation sites (tertiary alicyclic amines) is 1. The normalized spacial score (nSPS) is 22.0. The third-order valence-corrected chi connectivity index (χ3v) is 8.58. The summed E-state index contributed by atoms with van der Waals surface area (Å²) in [6.45, 7) is 6.51. The highest BCUT2D eigenvalue weighted by Crippen LogP contribution is 2.50. The van der Waals surface area contributed by atoms with E-state index in [1.54, 1.807) is 11.3 Å². The summed E-state index contributed by atoms with van der Waals surface area (Å²) in [5.41, 5.74) is 4.13. The van der Waals surface area contributed by atoms with Crippen molar-refractivity contribution < 1.29 is 14.3 Å². The van der Waals surface area contributed by atoms with Gasteiger partial charge in [-0.05, 0) is 49.8 Å². The number of carbonyl (C=O) groups excluding carboxylic acids is 2. The number of para-hydroxylation sites is 1. The number of likely N-dealkylation sites (N-methyl/N-ethyl adjacent to an activating group) is 1. The average Bonchev–Trinajstić information content (AvgIpc) is 3.38. The van der Waals surface area contributed by atoms with Gasteiger partial charge in [0.05, 0.1) is 33.7 Å². The van der Waals surface area contributed by atoms with Crippen molar-refractivity contribution in [2.45, 2.75) is 26.3 Å². The maximum atomic E-state index is 13.8. The number of hydrogen-bond acceptors (Lipinski definition) is 6. The smallest absolute Gasteiger partial charge is 0.274 e. The number of aryl methyl sites for hydroxylation is 2. The minimum absolute atomic E-state index is 0.0210. The Balaban J connectivity index is 1.22. The van der Waals surface area contributed by atoms with Gasteiger partial charge < -0.3 is 19.9 Å². The van der Waals surface area contributed by atoms with Gasteiger partial charge in [-0.2, -0.15) is 0 Å². The molecule has 2 aliphatic heterocycles. The molecule has 2 amide bonds. The maximum Gasteiger partial charge on any atom is 0.274 e. The topological polar surface area (TPSA) is 74.8 Å². The molecule has 36 heavy (non-hydrogen) atoms. The summed E-state index contributed by atoms with van der Waals surface area (Å²) >= 11 is 1.56. The first-order chi connectivity index (χ1) is 17.4. The van der Waals surface area contributed by atoms with Gasteiger partial charge >= 0.3 is 0 Å². The number of thiazole rings is 1. The molecule has 3 atom stereocenters. The fourth-order valence-corrected chi connectivity index (χ4v) is 6.58. The lowest BCUT2D eigenvalue weighted by molar-refractivity contribution is 0.0690. The molecule has 3 heterocycles. The van der Waals surface area contributed by atoms with Crippen molar-refractivity contribution in [2.75, 3.05) is 38.2 Å². The Bertz CT molecular complexity index is 1350. The van der Waals surface area contributed by atoms with Gasteiger partial charge in [0.1, 0.15) is 18.1 Å². The standard InChI is InChI=1S/C28H30N4O3S/c1-16-6-4-7-18(12-16)26-24(30-17(2)36-26)28(34)32-15-19-13-21(19)22(32)14-29-27(33)20-8-5-9-23-25(20)31(3)10-11-35-23/h4-9,12,19,21-22H,10-11,13-15H2,1-3H3,(H,29,33)/t19-,21-,22-/m1/s1. The number of hydrogen-bond donors (Lipinski definition) is 1. The van der Waals surface area contributed by atoms with Gasteiger partial charge in [0.15, 0.2) is 0 Å². The van der Waals surface area contributed by atoms with Crippen LogP contribution in [-0.2, 0) is 0 Å². The molecule has 3 aromatic rings. The Morgan fingerprint density at radius 1 is 1.19 bits per heavy atom. The fourth-order valence-electron chi connectivity index (χ4n) is 5.67. The van der Waals surface area contributed by atoms with Crippen LogP contribution in [-0.4, -0.2) is 61.0 Å². The van der Waals surface area contributed by atoms with Crippen LogP contribution in [0.1, 0.15) is 37.8 Å². The molecular formula is C28H30N4O3S. The number of rotatable bonds is 5. The Hall–Kier alpha value is -3.39. The lowest BCUT2D eigenvalue weighted by atomic mass is 10.1. The second-order valence-corrected chi connectivity index (χ2v) is 11.3. The number of nitrogens with zero attached hydrogens (tertiary/aromatic N) is 3. The number of aromatic nitrogens is 1. The van der Waals surface area contributed by atoms with E-state index in [4.69, 9.17) is 4.74 Å². The summed E-state index contributed by atoms with van der Waals surface area (Å²) in [6.07, 6.45) is 1.11. The molecule has 1 saturated heterocycles. The highest BCUT2D eigenvalue weighted by molar-refractivity contribution is 7.15. The molecule has 0 spiro atoms. The van der Waals surface area contributed by atoms with Crippen LogP contribution in [0.25, 0.3) is 10.4 Å². The van der Waals surface area contributed by atoms with Crippen LogP contribution in [0.5, 0.6) is 5.75 Å². The first-order valence-electron chi connectivity index (χ1n) is 12.5. The number of ether oxygens (including phenoxy) is 1. The minimum Gasteiger partial charge on any atom is -0.490 e. The molecule has 2 fully saturated rings. The summed E-state index contributed by atoms with van der Waals surface area (Å²) in [5, 5.41) is 4.01. The van der Waals surface area contributed by atoms with Crippen molar-refractivity contribution >= 4 is 28.8 Å². The van der Waals surface area contributed by atoms with Crippen molar-refractivity contribution in [1.82, 2.24) is 15.2 Å². The van der Waals surface area contributed by atoms with E-state index in [0.29, 0.717) is 36.2 Å². The third kappa shape index (κ3) is 4.03. The lowest BCUT2D eigenvalue weighted by Crippen LogP contribution is -2.46. The molecule has 6 rings (SSSR count). The van der Waals surface area contributed by atoms with Crippen LogP contribution in [0.15, 0.2) is 42.5 Å². The fraction of sp³-hybridized carbons (Fsp3) is 0.393. The summed E-state index contributed by atoms with van der Waals surface area (Å²) in [7, 11) is 1.98. The zero-order chi connectivity index (χ0) is 25.0. The molecule has 8 heteroatoms. The van der Waals surface area contributed by atoms with Crippen LogP contribution < -0.4 is 15.0 Å². The Labute approximate surface area is 215 Å². The van der Waals surface area contributed by atoms with E-state index in [1.165, 1.54) is 0 Å². The van der Waals surface area contributed by atoms with Gasteiger partial charge in [-0.1, -0.05) is 35.9 Å². The molecule has 0 bridgehead atoms. The third-order valence-electron chi connectivity index (χ3n) is 7.56. The second kappa shape index (κ2) is 8.92. The zero-order valence-corrected chi connectivity index (χ0v) is 21.6. The van der Waals surface area contributed by atoms with E-state index in [2.05, 4.69) is 34.3 Å². The van der Waals surface area contributed by atoms with E-state index < -0.39 is 0 Å². The van der Waals surface area contributed by atoms with Gasteiger partial charge in [0.2, 0.25) is 0 Å².